The van der Waals surface area contributed by atoms with E-state index < -0.39 is 0 Å². The summed E-state index contributed by atoms with van der Waals surface area (Å²) in [4.78, 5) is 3.90. The van der Waals surface area contributed by atoms with Crippen LogP contribution in [0.5, 0.6) is 0 Å². The second-order valence-electron chi connectivity index (χ2n) is 4.45. The van der Waals surface area contributed by atoms with E-state index in [1.807, 2.05) is 7.05 Å². The van der Waals surface area contributed by atoms with Crippen molar-refractivity contribution in [1.29, 1.82) is 0 Å². The molecule has 0 bridgehead atoms. The largest absolute Gasteiger partial charge is 0.366 e. The molecule has 0 spiro atoms. The predicted octanol–water partition coefficient (Wildman–Crippen LogP) is -0.109. The first-order valence-corrected chi connectivity index (χ1v) is 6.54. The van der Waals surface area contributed by atoms with Crippen LogP contribution in [0.15, 0.2) is 30.3 Å². The topological polar surface area (TPSA) is 19.7 Å². The fraction of sp³-hybridized carbons (Fsp3) is 0.462. The Bertz CT molecular complexity index is 358. The predicted molar refractivity (Wildman–Crippen MR) is 74.1 cm³/mol. The molecular formula is C13H20N3S+. The molecule has 0 radical (unpaired) electrons. The molecular weight excluding hydrogens is 230 g/mol. The number of rotatable bonds is 2. The molecule has 17 heavy (non-hydrogen) atoms. The van der Waals surface area contributed by atoms with E-state index >= 15 is 0 Å². The summed E-state index contributed by atoms with van der Waals surface area (Å²) >= 11 is 5.25. The molecule has 0 atom stereocenters. The average molecular weight is 250 g/mol. The summed E-state index contributed by atoms with van der Waals surface area (Å²) in [7, 11) is 1.89. The maximum atomic E-state index is 5.25. The second-order valence-corrected chi connectivity index (χ2v) is 4.84. The molecule has 92 valence electrons. The number of benzene rings is 1. The molecule has 4 heteroatoms. The number of piperazine rings is 1. The number of nitrogens with zero attached hydrogens (tertiary/aromatic N) is 1. The van der Waals surface area contributed by atoms with Crippen LogP contribution in [0.25, 0.3) is 0 Å². The van der Waals surface area contributed by atoms with Gasteiger partial charge in [0.25, 0.3) is 0 Å². The summed E-state index contributed by atoms with van der Waals surface area (Å²) < 4.78 is 0. The number of thiocarbonyl (C=S) groups is 1. The fourth-order valence-corrected chi connectivity index (χ4v) is 2.43. The molecule has 0 amide bonds. The van der Waals surface area contributed by atoms with Crippen molar-refractivity contribution in [2.45, 2.75) is 6.54 Å². The summed E-state index contributed by atoms with van der Waals surface area (Å²) in [6, 6.07) is 10.7. The minimum atomic E-state index is 0.878. The molecule has 0 aliphatic carbocycles. The zero-order chi connectivity index (χ0) is 12.1. The number of nitrogens with one attached hydrogen (secondary N) is 2. The van der Waals surface area contributed by atoms with E-state index in [0.717, 1.165) is 37.8 Å². The van der Waals surface area contributed by atoms with Gasteiger partial charge < -0.3 is 15.1 Å². The normalized spacial score (nSPS) is 16.9. The Labute approximate surface area is 108 Å². The zero-order valence-corrected chi connectivity index (χ0v) is 11.1. The van der Waals surface area contributed by atoms with Crippen molar-refractivity contribution in [2.75, 3.05) is 33.2 Å². The third kappa shape index (κ3) is 3.41. The van der Waals surface area contributed by atoms with Gasteiger partial charge in [-0.1, -0.05) is 30.3 Å². The van der Waals surface area contributed by atoms with Crippen LogP contribution in [0, 0.1) is 0 Å². The van der Waals surface area contributed by atoms with Crippen LogP contribution in [0.2, 0.25) is 0 Å². The molecule has 1 heterocycles. The van der Waals surface area contributed by atoms with E-state index in [1.165, 1.54) is 5.56 Å². The highest BCUT2D eigenvalue weighted by atomic mass is 32.1. The van der Waals surface area contributed by atoms with Crippen molar-refractivity contribution in [3.63, 3.8) is 0 Å². The number of hydrogen-bond acceptors (Lipinski definition) is 1. The summed E-state index contributed by atoms with van der Waals surface area (Å²) in [6.45, 7) is 5.57. The Balaban J connectivity index is 1.82. The molecule has 0 unspecified atom stereocenters. The highest BCUT2D eigenvalue weighted by Crippen LogP contribution is 1.97. The van der Waals surface area contributed by atoms with Gasteiger partial charge in [-0.05, 0) is 12.2 Å². The minimum Gasteiger partial charge on any atom is -0.366 e. The van der Waals surface area contributed by atoms with Crippen LogP contribution in [-0.2, 0) is 6.54 Å². The highest BCUT2D eigenvalue weighted by molar-refractivity contribution is 7.80. The molecule has 0 aromatic heterocycles. The Morgan fingerprint density at radius 2 is 1.94 bits per heavy atom. The molecule has 0 saturated carbocycles. The van der Waals surface area contributed by atoms with Crippen LogP contribution in [-0.4, -0.2) is 43.2 Å². The van der Waals surface area contributed by atoms with Crippen LogP contribution < -0.4 is 10.2 Å². The molecule has 3 nitrogen and oxygen atoms in total. The van der Waals surface area contributed by atoms with Crippen LogP contribution >= 0.6 is 12.2 Å². The van der Waals surface area contributed by atoms with Gasteiger partial charge >= 0.3 is 0 Å². The molecule has 2 rings (SSSR count). The van der Waals surface area contributed by atoms with Gasteiger partial charge in [-0.15, -0.1) is 0 Å². The van der Waals surface area contributed by atoms with E-state index in [2.05, 4.69) is 40.5 Å². The average Bonchev–Trinajstić information content (AvgIpc) is 2.40. The summed E-state index contributed by atoms with van der Waals surface area (Å²) in [6.07, 6.45) is 0. The van der Waals surface area contributed by atoms with Crippen LogP contribution in [0.4, 0.5) is 0 Å². The lowest BCUT2D eigenvalue weighted by Crippen LogP contribution is -3.13. The van der Waals surface area contributed by atoms with Gasteiger partial charge in [0.05, 0.1) is 26.2 Å². The van der Waals surface area contributed by atoms with E-state index in [1.54, 1.807) is 4.90 Å². The standard InChI is InChI=1S/C13H19N3S/c1-14-13(17)16-9-7-15(8-10-16)11-12-5-3-2-4-6-12/h2-6H,7-11H2,1H3,(H,14,17)/p+1. The van der Waals surface area contributed by atoms with Crippen molar-refractivity contribution in [3.05, 3.63) is 35.9 Å². The first-order valence-electron chi connectivity index (χ1n) is 6.14. The van der Waals surface area contributed by atoms with E-state index in [-0.39, 0.29) is 0 Å². The van der Waals surface area contributed by atoms with Gasteiger partial charge in [0.2, 0.25) is 0 Å². The molecule has 1 aromatic carbocycles. The SMILES string of the molecule is CNC(=S)N1CC[NH+](Cc2ccccc2)CC1. The summed E-state index contributed by atoms with van der Waals surface area (Å²) in [5.41, 5.74) is 1.42. The molecule has 2 N–H and O–H groups in total. The van der Waals surface area contributed by atoms with Gasteiger partial charge in [-0.2, -0.15) is 0 Å². The highest BCUT2D eigenvalue weighted by Gasteiger charge is 2.20. The maximum absolute atomic E-state index is 5.25. The minimum absolute atomic E-state index is 0.878. The van der Waals surface area contributed by atoms with Crippen molar-refractivity contribution in [2.24, 2.45) is 0 Å². The Morgan fingerprint density at radius 3 is 2.53 bits per heavy atom. The van der Waals surface area contributed by atoms with Crippen molar-refractivity contribution in [3.8, 4) is 0 Å². The van der Waals surface area contributed by atoms with Gasteiger partial charge in [-0.3, -0.25) is 0 Å². The maximum Gasteiger partial charge on any atom is 0.169 e. The van der Waals surface area contributed by atoms with Gasteiger partial charge in [0.15, 0.2) is 5.11 Å². The summed E-state index contributed by atoms with van der Waals surface area (Å²) in [5.74, 6) is 0. The zero-order valence-electron chi connectivity index (χ0n) is 10.3. The second kappa shape index (κ2) is 5.98. The van der Waals surface area contributed by atoms with Crippen LogP contribution in [0.3, 0.4) is 0 Å². The van der Waals surface area contributed by atoms with Crippen molar-refractivity contribution in [1.82, 2.24) is 10.2 Å². The lowest BCUT2D eigenvalue weighted by Gasteiger charge is -2.33. The Kier molecular flexibility index (Phi) is 4.34. The first kappa shape index (κ1) is 12.3. The lowest BCUT2D eigenvalue weighted by atomic mass is 10.2. The summed E-state index contributed by atoms with van der Waals surface area (Å²) in [5, 5.41) is 3.93. The van der Waals surface area contributed by atoms with E-state index in [9.17, 15) is 0 Å². The number of hydrogen-bond donors (Lipinski definition) is 2. The monoisotopic (exact) mass is 250 g/mol. The van der Waals surface area contributed by atoms with Gasteiger partial charge in [0.1, 0.15) is 6.54 Å². The Hall–Kier alpha value is -1.13. The molecule has 1 aliphatic heterocycles. The molecule has 1 saturated heterocycles. The van der Waals surface area contributed by atoms with Gasteiger partial charge in [0, 0.05) is 12.6 Å². The third-order valence-electron chi connectivity index (χ3n) is 3.27. The van der Waals surface area contributed by atoms with Crippen LogP contribution in [0.1, 0.15) is 5.56 Å². The third-order valence-corrected chi connectivity index (χ3v) is 3.73. The van der Waals surface area contributed by atoms with Crippen molar-refractivity contribution < 1.29 is 4.90 Å². The van der Waals surface area contributed by atoms with E-state index in [4.69, 9.17) is 12.2 Å². The van der Waals surface area contributed by atoms with Gasteiger partial charge in [-0.25, -0.2) is 0 Å². The molecule has 1 fully saturated rings. The van der Waals surface area contributed by atoms with E-state index in [0.29, 0.717) is 0 Å². The first-order chi connectivity index (χ1) is 8.29. The lowest BCUT2D eigenvalue weighted by molar-refractivity contribution is -0.917. The fourth-order valence-electron chi connectivity index (χ4n) is 2.25. The molecule has 1 aliphatic rings. The van der Waals surface area contributed by atoms with Crippen molar-refractivity contribution >= 4 is 17.3 Å². The Morgan fingerprint density at radius 1 is 1.29 bits per heavy atom. The number of quaternary nitrogens is 1. The quantitative estimate of drug-likeness (QED) is 0.715. The smallest absolute Gasteiger partial charge is 0.169 e. The molecule has 1 aromatic rings.